The second-order valence-corrected chi connectivity index (χ2v) is 4.13. The summed E-state index contributed by atoms with van der Waals surface area (Å²) in [5.74, 6) is -0.0617. The Kier molecular flexibility index (Phi) is 2.13. The van der Waals surface area contributed by atoms with Crippen LogP contribution in [0.1, 0.15) is 23.1 Å². The molecule has 0 saturated heterocycles. The fourth-order valence-electron chi connectivity index (χ4n) is 1.41. The summed E-state index contributed by atoms with van der Waals surface area (Å²) >= 11 is 1.51. The topological polar surface area (TPSA) is 60.4 Å². The highest BCUT2D eigenvalue weighted by Gasteiger charge is 2.19. The monoisotopic (exact) mass is 209 g/mol. The first-order valence-electron chi connectivity index (χ1n) is 4.33. The van der Waals surface area contributed by atoms with E-state index in [0.717, 1.165) is 10.7 Å². The maximum absolute atomic E-state index is 11.8. The number of nitrogens with two attached hydrogens (primary N) is 1. The summed E-state index contributed by atoms with van der Waals surface area (Å²) in [6, 6.07) is -0.478. The Morgan fingerprint density at radius 3 is 3.07 bits per heavy atom. The number of carbonyl (C=O) groups excluding carboxylic acids is 1. The number of rotatable bonds is 2. The Morgan fingerprint density at radius 1 is 1.71 bits per heavy atom. The van der Waals surface area contributed by atoms with Crippen LogP contribution in [-0.2, 0) is 0 Å². The highest BCUT2D eigenvalue weighted by molar-refractivity contribution is 7.15. The number of ketones is 1. The van der Waals surface area contributed by atoms with Gasteiger partial charge in [0, 0.05) is 11.6 Å². The zero-order valence-electron chi connectivity index (χ0n) is 8.02. The minimum absolute atomic E-state index is 0.0617. The van der Waals surface area contributed by atoms with Crippen molar-refractivity contribution >= 4 is 22.1 Å². The Morgan fingerprint density at radius 2 is 2.43 bits per heavy atom. The molecule has 2 aromatic heterocycles. The highest BCUT2D eigenvalue weighted by atomic mass is 32.1. The van der Waals surface area contributed by atoms with E-state index in [9.17, 15) is 4.79 Å². The third kappa shape index (κ3) is 1.25. The summed E-state index contributed by atoms with van der Waals surface area (Å²) in [4.78, 5) is 16.9. The molecule has 14 heavy (non-hydrogen) atoms. The van der Waals surface area contributed by atoms with E-state index in [0.29, 0.717) is 5.69 Å². The van der Waals surface area contributed by atoms with Gasteiger partial charge in [0.25, 0.3) is 0 Å². The van der Waals surface area contributed by atoms with Crippen molar-refractivity contribution in [2.24, 2.45) is 5.73 Å². The molecule has 74 valence electrons. The first kappa shape index (κ1) is 9.36. The summed E-state index contributed by atoms with van der Waals surface area (Å²) in [6.45, 7) is 3.52. The van der Waals surface area contributed by atoms with Gasteiger partial charge in [-0.15, -0.1) is 11.3 Å². The fraction of sp³-hybridized carbons (Fsp3) is 0.333. The summed E-state index contributed by atoms with van der Waals surface area (Å²) in [5.41, 5.74) is 6.93. The number of aryl methyl sites for hydroxylation is 1. The van der Waals surface area contributed by atoms with Crippen LogP contribution < -0.4 is 5.73 Å². The minimum Gasteiger partial charge on any atom is -0.321 e. The van der Waals surface area contributed by atoms with Crippen LogP contribution in [0.25, 0.3) is 4.96 Å². The number of Topliss-reactive ketones (excluding diaryl/α,β-unsaturated/α-hetero) is 1. The molecule has 0 aliphatic carbocycles. The molecule has 0 radical (unpaired) electrons. The fourth-order valence-corrected chi connectivity index (χ4v) is 2.17. The molecule has 0 aliphatic rings. The molecule has 0 aromatic carbocycles. The van der Waals surface area contributed by atoms with E-state index >= 15 is 0 Å². The van der Waals surface area contributed by atoms with Gasteiger partial charge in [-0.05, 0) is 13.8 Å². The van der Waals surface area contributed by atoms with E-state index in [1.54, 1.807) is 11.3 Å². The molecule has 1 atom stereocenters. The number of imidazole rings is 1. The molecule has 0 bridgehead atoms. The van der Waals surface area contributed by atoms with Crippen LogP contribution in [0.5, 0.6) is 0 Å². The molecule has 0 spiro atoms. The van der Waals surface area contributed by atoms with Crippen molar-refractivity contribution in [3.8, 4) is 0 Å². The molecule has 2 rings (SSSR count). The average molecular weight is 209 g/mol. The van der Waals surface area contributed by atoms with E-state index in [4.69, 9.17) is 5.73 Å². The molecule has 0 saturated carbocycles. The van der Waals surface area contributed by atoms with Gasteiger partial charge in [0.2, 0.25) is 0 Å². The van der Waals surface area contributed by atoms with Gasteiger partial charge in [-0.25, -0.2) is 4.98 Å². The molecular weight excluding hydrogens is 198 g/mol. The van der Waals surface area contributed by atoms with Gasteiger partial charge in [0.1, 0.15) is 5.69 Å². The molecule has 5 heteroatoms. The number of nitrogens with zero attached hydrogens (tertiary/aromatic N) is 2. The molecule has 2 N–H and O–H groups in total. The number of aromatic nitrogens is 2. The third-order valence-electron chi connectivity index (χ3n) is 2.08. The summed E-state index contributed by atoms with van der Waals surface area (Å²) < 4.78 is 1.80. The Labute approximate surface area is 85.4 Å². The molecular formula is C9H11N3OS. The van der Waals surface area contributed by atoms with E-state index in [1.807, 2.05) is 18.5 Å². The smallest absolute Gasteiger partial charge is 0.197 e. The number of thiazole rings is 1. The quantitative estimate of drug-likeness (QED) is 0.757. The van der Waals surface area contributed by atoms with Gasteiger partial charge in [-0.2, -0.15) is 0 Å². The van der Waals surface area contributed by atoms with Gasteiger partial charge in [-0.3, -0.25) is 9.20 Å². The third-order valence-corrected chi connectivity index (χ3v) is 2.84. The molecule has 1 unspecified atom stereocenters. The van der Waals surface area contributed by atoms with Gasteiger partial charge in [0.05, 0.1) is 11.7 Å². The van der Waals surface area contributed by atoms with Crippen LogP contribution in [0.2, 0.25) is 0 Å². The number of fused-ring (bicyclic) bond motifs is 1. The van der Waals surface area contributed by atoms with Gasteiger partial charge < -0.3 is 5.73 Å². The van der Waals surface area contributed by atoms with Crippen LogP contribution in [0, 0.1) is 6.92 Å². The van der Waals surface area contributed by atoms with Gasteiger partial charge in [0.15, 0.2) is 10.7 Å². The van der Waals surface area contributed by atoms with Crippen molar-refractivity contribution in [2.75, 3.05) is 0 Å². The first-order chi connectivity index (χ1) is 6.61. The highest BCUT2D eigenvalue weighted by Crippen LogP contribution is 2.17. The lowest BCUT2D eigenvalue weighted by Crippen LogP contribution is -2.28. The molecule has 0 aliphatic heterocycles. The van der Waals surface area contributed by atoms with E-state index in [2.05, 4.69) is 4.98 Å². The normalized spacial score (nSPS) is 13.4. The van der Waals surface area contributed by atoms with E-state index in [-0.39, 0.29) is 5.78 Å². The second-order valence-electron chi connectivity index (χ2n) is 3.25. The van der Waals surface area contributed by atoms with Crippen LogP contribution in [0.3, 0.4) is 0 Å². The van der Waals surface area contributed by atoms with E-state index < -0.39 is 6.04 Å². The zero-order chi connectivity index (χ0) is 10.3. The van der Waals surface area contributed by atoms with Gasteiger partial charge >= 0.3 is 0 Å². The lowest BCUT2D eigenvalue weighted by molar-refractivity contribution is 0.0961. The summed E-state index contributed by atoms with van der Waals surface area (Å²) in [7, 11) is 0. The average Bonchev–Trinajstić information content (AvgIpc) is 2.62. The van der Waals surface area contributed by atoms with Crippen molar-refractivity contribution in [1.82, 2.24) is 9.38 Å². The number of carbonyl (C=O) groups is 1. The zero-order valence-corrected chi connectivity index (χ0v) is 8.84. The van der Waals surface area contributed by atoms with E-state index in [1.165, 1.54) is 11.3 Å². The predicted molar refractivity (Wildman–Crippen MR) is 55.8 cm³/mol. The van der Waals surface area contributed by atoms with Crippen molar-refractivity contribution in [2.45, 2.75) is 19.9 Å². The van der Waals surface area contributed by atoms with Crippen LogP contribution >= 0.6 is 11.3 Å². The Balaban J connectivity index is 2.64. The van der Waals surface area contributed by atoms with Gasteiger partial charge in [-0.1, -0.05) is 0 Å². The largest absolute Gasteiger partial charge is 0.321 e. The van der Waals surface area contributed by atoms with Crippen LogP contribution in [0.4, 0.5) is 0 Å². The van der Waals surface area contributed by atoms with Crippen molar-refractivity contribution in [3.05, 3.63) is 23.0 Å². The standard InChI is InChI=1S/C9H11N3OS/c1-5(10)8(13)7-6(2)11-9-12(7)3-4-14-9/h3-5H,10H2,1-2H3. The molecule has 2 heterocycles. The number of hydrogen-bond acceptors (Lipinski definition) is 4. The summed E-state index contributed by atoms with van der Waals surface area (Å²) in [6.07, 6.45) is 1.84. The van der Waals surface area contributed by atoms with Crippen LogP contribution in [0.15, 0.2) is 11.6 Å². The van der Waals surface area contributed by atoms with Crippen molar-refractivity contribution in [3.63, 3.8) is 0 Å². The Hall–Kier alpha value is -1.20. The summed E-state index contributed by atoms with van der Waals surface area (Å²) in [5, 5.41) is 1.90. The maximum atomic E-state index is 11.8. The second kappa shape index (κ2) is 3.18. The Bertz CT molecular complexity index is 483. The molecule has 2 aromatic rings. The lowest BCUT2D eigenvalue weighted by atomic mass is 10.1. The van der Waals surface area contributed by atoms with Crippen molar-refractivity contribution < 1.29 is 4.79 Å². The minimum atomic E-state index is -0.478. The predicted octanol–water partition coefficient (Wildman–Crippen LogP) is 1.23. The molecule has 0 amide bonds. The maximum Gasteiger partial charge on any atom is 0.197 e. The molecule has 4 nitrogen and oxygen atoms in total. The SMILES string of the molecule is Cc1nc2sccn2c1C(=O)C(C)N. The number of hydrogen-bond donors (Lipinski definition) is 1. The van der Waals surface area contributed by atoms with Crippen LogP contribution in [-0.4, -0.2) is 21.2 Å². The lowest BCUT2D eigenvalue weighted by Gasteiger charge is -2.03. The molecule has 0 fully saturated rings. The first-order valence-corrected chi connectivity index (χ1v) is 5.21. The van der Waals surface area contributed by atoms with Crippen molar-refractivity contribution in [1.29, 1.82) is 0 Å².